The van der Waals surface area contributed by atoms with Gasteiger partial charge in [0.05, 0.1) is 11.7 Å². The predicted octanol–water partition coefficient (Wildman–Crippen LogP) is 4.11. The van der Waals surface area contributed by atoms with Crippen molar-refractivity contribution in [3.63, 3.8) is 0 Å². The summed E-state index contributed by atoms with van der Waals surface area (Å²) in [4.78, 5) is 4.49. The number of aromatic nitrogens is 1. The Morgan fingerprint density at radius 3 is 2.74 bits per heavy atom. The highest BCUT2D eigenvalue weighted by Gasteiger charge is 2.13. The number of nitrogens with zero attached hydrogens (tertiary/aromatic N) is 1. The van der Waals surface area contributed by atoms with Gasteiger partial charge in [-0.3, -0.25) is 4.98 Å². The van der Waals surface area contributed by atoms with Crippen LogP contribution in [0.2, 0.25) is 0 Å². The van der Waals surface area contributed by atoms with E-state index < -0.39 is 0 Å². The maximum absolute atomic E-state index is 4.49. The van der Waals surface area contributed by atoms with Gasteiger partial charge in [-0.05, 0) is 52.7 Å². The van der Waals surface area contributed by atoms with Gasteiger partial charge in [0.25, 0.3) is 0 Å². The molecule has 1 N–H and O–H groups in total. The summed E-state index contributed by atoms with van der Waals surface area (Å²) >= 11 is 3.42. The van der Waals surface area contributed by atoms with Crippen LogP contribution in [0, 0.1) is 0 Å². The molecule has 0 saturated carbocycles. The largest absolute Gasteiger partial charge is 0.308 e. The van der Waals surface area contributed by atoms with Crippen LogP contribution in [0.5, 0.6) is 0 Å². The van der Waals surface area contributed by atoms with Gasteiger partial charge in [-0.25, -0.2) is 0 Å². The molecular weight excluding hydrogens is 300 g/mol. The second-order valence-electron chi connectivity index (χ2n) is 4.62. The Morgan fingerprint density at radius 1 is 1.26 bits per heavy atom. The van der Waals surface area contributed by atoms with Crippen molar-refractivity contribution < 1.29 is 0 Å². The smallest absolute Gasteiger partial charge is 0.0749 e. The fourth-order valence-corrected chi connectivity index (χ4v) is 2.49. The van der Waals surface area contributed by atoms with Crippen molar-refractivity contribution >= 4 is 15.9 Å². The van der Waals surface area contributed by atoms with E-state index in [1.54, 1.807) is 0 Å². The third-order valence-electron chi connectivity index (χ3n) is 3.16. The number of halogens is 1. The number of aryl methyl sites for hydroxylation is 1. The number of benzene rings is 1. The second-order valence-corrected chi connectivity index (χ2v) is 5.53. The van der Waals surface area contributed by atoms with E-state index in [-0.39, 0.29) is 6.04 Å². The third-order valence-corrected chi connectivity index (χ3v) is 3.63. The summed E-state index contributed by atoms with van der Waals surface area (Å²) in [5.41, 5.74) is 3.69. The first kappa shape index (κ1) is 14.2. The van der Waals surface area contributed by atoms with E-state index in [4.69, 9.17) is 0 Å². The van der Waals surface area contributed by atoms with Crippen molar-refractivity contribution in [3.8, 4) is 0 Å². The van der Waals surface area contributed by atoms with Crippen LogP contribution >= 0.6 is 15.9 Å². The van der Waals surface area contributed by atoms with Crippen molar-refractivity contribution in [2.45, 2.75) is 25.8 Å². The van der Waals surface area contributed by atoms with Crippen molar-refractivity contribution in [2.75, 3.05) is 7.05 Å². The highest BCUT2D eigenvalue weighted by molar-refractivity contribution is 9.10. The number of hydrogen-bond donors (Lipinski definition) is 1. The third kappa shape index (κ3) is 3.64. The molecular formula is C16H19BrN2. The van der Waals surface area contributed by atoms with E-state index in [0.717, 1.165) is 16.6 Å². The SMILES string of the molecule is CCCc1cccc(C(NC)c2ccc(Br)cn2)c1. The summed E-state index contributed by atoms with van der Waals surface area (Å²) in [5.74, 6) is 0. The molecule has 1 aromatic heterocycles. The molecule has 0 spiro atoms. The van der Waals surface area contributed by atoms with Gasteiger partial charge in [0.1, 0.15) is 0 Å². The Labute approximate surface area is 123 Å². The second kappa shape index (κ2) is 6.83. The monoisotopic (exact) mass is 318 g/mol. The van der Waals surface area contributed by atoms with Crippen molar-refractivity contribution in [1.82, 2.24) is 10.3 Å². The van der Waals surface area contributed by atoms with Gasteiger partial charge in [0.15, 0.2) is 0 Å². The molecule has 19 heavy (non-hydrogen) atoms. The molecule has 2 aromatic rings. The molecule has 1 aromatic carbocycles. The van der Waals surface area contributed by atoms with Crippen LogP contribution < -0.4 is 5.32 Å². The lowest BCUT2D eigenvalue weighted by atomic mass is 9.99. The van der Waals surface area contributed by atoms with Gasteiger partial charge in [-0.15, -0.1) is 0 Å². The van der Waals surface area contributed by atoms with Crippen LogP contribution in [0.15, 0.2) is 47.1 Å². The van der Waals surface area contributed by atoms with Gasteiger partial charge in [0, 0.05) is 10.7 Å². The molecule has 0 aliphatic rings. The molecule has 3 heteroatoms. The van der Waals surface area contributed by atoms with Gasteiger partial charge in [-0.2, -0.15) is 0 Å². The van der Waals surface area contributed by atoms with E-state index in [2.05, 4.69) is 63.5 Å². The first-order chi connectivity index (χ1) is 9.24. The average molecular weight is 319 g/mol. The minimum absolute atomic E-state index is 0.143. The highest BCUT2D eigenvalue weighted by Crippen LogP contribution is 2.22. The van der Waals surface area contributed by atoms with E-state index >= 15 is 0 Å². The lowest BCUT2D eigenvalue weighted by Gasteiger charge is -2.17. The first-order valence-corrected chi connectivity index (χ1v) is 7.41. The summed E-state index contributed by atoms with van der Waals surface area (Å²) < 4.78 is 1.01. The Kier molecular flexibility index (Phi) is 5.11. The molecule has 0 aliphatic carbocycles. The molecule has 1 heterocycles. The number of hydrogen-bond acceptors (Lipinski definition) is 2. The Balaban J connectivity index is 2.30. The molecule has 100 valence electrons. The van der Waals surface area contributed by atoms with Crippen molar-refractivity contribution in [3.05, 3.63) is 63.9 Å². The van der Waals surface area contributed by atoms with Gasteiger partial charge in [0.2, 0.25) is 0 Å². The highest BCUT2D eigenvalue weighted by atomic mass is 79.9. The summed E-state index contributed by atoms with van der Waals surface area (Å²) in [6, 6.07) is 13.0. The summed E-state index contributed by atoms with van der Waals surface area (Å²) in [6.07, 6.45) is 4.14. The van der Waals surface area contributed by atoms with Crippen LogP contribution in [0.1, 0.15) is 36.2 Å². The lowest BCUT2D eigenvalue weighted by molar-refractivity contribution is 0.669. The molecule has 1 atom stereocenters. The zero-order valence-electron chi connectivity index (χ0n) is 11.4. The fourth-order valence-electron chi connectivity index (χ4n) is 2.26. The molecule has 0 bridgehead atoms. The van der Waals surface area contributed by atoms with Crippen LogP contribution in [0.3, 0.4) is 0 Å². The molecule has 1 unspecified atom stereocenters. The topological polar surface area (TPSA) is 24.9 Å². The van der Waals surface area contributed by atoms with Crippen LogP contribution in [-0.2, 0) is 6.42 Å². The van der Waals surface area contributed by atoms with E-state index in [1.807, 2.05) is 19.3 Å². The number of nitrogens with one attached hydrogen (secondary N) is 1. The maximum Gasteiger partial charge on any atom is 0.0749 e. The molecule has 0 fully saturated rings. The molecule has 0 saturated heterocycles. The molecule has 0 radical (unpaired) electrons. The first-order valence-electron chi connectivity index (χ1n) is 6.62. The summed E-state index contributed by atoms with van der Waals surface area (Å²) in [7, 11) is 1.97. The van der Waals surface area contributed by atoms with E-state index in [1.165, 1.54) is 17.5 Å². The van der Waals surface area contributed by atoms with Gasteiger partial charge >= 0.3 is 0 Å². The minimum atomic E-state index is 0.143. The zero-order valence-corrected chi connectivity index (χ0v) is 12.9. The summed E-state index contributed by atoms with van der Waals surface area (Å²) in [5, 5.41) is 3.35. The van der Waals surface area contributed by atoms with Gasteiger partial charge < -0.3 is 5.32 Å². The number of pyridine rings is 1. The molecule has 2 rings (SSSR count). The quantitative estimate of drug-likeness (QED) is 0.897. The molecule has 0 amide bonds. The number of rotatable bonds is 5. The van der Waals surface area contributed by atoms with Gasteiger partial charge in [-0.1, -0.05) is 37.6 Å². The zero-order chi connectivity index (χ0) is 13.7. The lowest BCUT2D eigenvalue weighted by Crippen LogP contribution is -2.18. The Hall–Kier alpha value is -1.19. The van der Waals surface area contributed by atoms with Crippen molar-refractivity contribution in [2.24, 2.45) is 0 Å². The predicted molar refractivity (Wildman–Crippen MR) is 83.3 cm³/mol. The Bertz CT molecular complexity index is 523. The maximum atomic E-state index is 4.49. The molecule has 2 nitrogen and oxygen atoms in total. The molecule has 0 aliphatic heterocycles. The van der Waals surface area contributed by atoms with Crippen LogP contribution in [0.25, 0.3) is 0 Å². The fraction of sp³-hybridized carbons (Fsp3) is 0.312. The average Bonchev–Trinajstić information content (AvgIpc) is 2.43. The Morgan fingerprint density at radius 2 is 2.11 bits per heavy atom. The standard InChI is InChI=1S/C16H19BrN2/c1-3-5-12-6-4-7-13(10-12)16(18-2)15-9-8-14(17)11-19-15/h4,6-11,16,18H,3,5H2,1-2H3. The van der Waals surface area contributed by atoms with Crippen LogP contribution in [-0.4, -0.2) is 12.0 Å². The van der Waals surface area contributed by atoms with E-state index in [9.17, 15) is 0 Å². The summed E-state index contributed by atoms with van der Waals surface area (Å²) in [6.45, 7) is 2.21. The van der Waals surface area contributed by atoms with Crippen LogP contribution in [0.4, 0.5) is 0 Å². The minimum Gasteiger partial charge on any atom is -0.308 e. The van der Waals surface area contributed by atoms with Crippen molar-refractivity contribution in [1.29, 1.82) is 0 Å². The van der Waals surface area contributed by atoms with E-state index in [0.29, 0.717) is 0 Å². The normalized spacial score (nSPS) is 12.4.